The summed E-state index contributed by atoms with van der Waals surface area (Å²) in [5.41, 5.74) is 2.35. The van der Waals surface area contributed by atoms with Gasteiger partial charge in [0.25, 0.3) is 0 Å². The normalized spacial score (nSPS) is 15.4. The molecule has 2 atom stereocenters. The molecule has 0 bridgehead atoms. The summed E-state index contributed by atoms with van der Waals surface area (Å²) in [6, 6.07) is 0. The minimum absolute atomic E-state index is 0.261. The van der Waals surface area contributed by atoms with E-state index < -0.39 is 0 Å². The first-order chi connectivity index (χ1) is 6.65. The maximum atomic E-state index is 9.99. The first-order valence-corrected chi connectivity index (χ1v) is 6.30. The Balaban J connectivity index is 2.50. The van der Waals surface area contributed by atoms with Gasteiger partial charge in [0.2, 0.25) is 0 Å². The maximum absolute atomic E-state index is 9.99. The summed E-state index contributed by atoms with van der Waals surface area (Å²) < 4.78 is 0. The number of rotatable bonds is 5. The molecule has 1 N–H and O–H groups in total. The van der Waals surface area contributed by atoms with Gasteiger partial charge in [-0.1, -0.05) is 26.7 Å². The van der Waals surface area contributed by atoms with Crippen molar-refractivity contribution >= 4 is 11.3 Å². The molecule has 0 aliphatic rings. The minimum Gasteiger partial charge on any atom is -0.388 e. The van der Waals surface area contributed by atoms with Crippen LogP contribution in [0.15, 0.2) is 10.8 Å². The molecule has 0 aliphatic carbocycles. The zero-order valence-corrected chi connectivity index (χ0v) is 10.1. The highest BCUT2D eigenvalue weighted by molar-refractivity contribution is 7.08. The molecule has 0 spiro atoms. The molecule has 14 heavy (non-hydrogen) atoms. The molecule has 0 aromatic carbocycles. The number of aryl methyl sites for hydroxylation is 1. The van der Waals surface area contributed by atoms with Crippen LogP contribution in [0.25, 0.3) is 0 Å². The van der Waals surface area contributed by atoms with Crippen LogP contribution in [0.3, 0.4) is 0 Å². The van der Waals surface area contributed by atoms with Gasteiger partial charge in [-0.05, 0) is 41.1 Å². The standard InChI is InChI=1S/C12H20OS/c1-4-5-9(2)6-12(13)11-8-14-7-10(11)3/h7-9,12-13H,4-6H2,1-3H3. The van der Waals surface area contributed by atoms with Gasteiger partial charge in [0.1, 0.15) is 0 Å². The lowest BCUT2D eigenvalue weighted by Gasteiger charge is -2.15. The molecule has 1 aromatic rings. The summed E-state index contributed by atoms with van der Waals surface area (Å²) in [4.78, 5) is 0. The zero-order valence-electron chi connectivity index (χ0n) is 9.29. The van der Waals surface area contributed by atoms with Crippen LogP contribution < -0.4 is 0 Å². The molecule has 80 valence electrons. The molecule has 0 amide bonds. The van der Waals surface area contributed by atoms with E-state index in [2.05, 4.69) is 31.5 Å². The third kappa shape index (κ3) is 3.10. The van der Waals surface area contributed by atoms with Gasteiger partial charge in [-0.25, -0.2) is 0 Å². The Morgan fingerprint density at radius 3 is 2.64 bits per heavy atom. The fourth-order valence-corrected chi connectivity index (χ4v) is 2.73. The van der Waals surface area contributed by atoms with Crippen molar-refractivity contribution in [1.82, 2.24) is 0 Å². The van der Waals surface area contributed by atoms with Crippen molar-refractivity contribution in [2.75, 3.05) is 0 Å². The molecule has 1 nitrogen and oxygen atoms in total. The van der Waals surface area contributed by atoms with E-state index in [9.17, 15) is 5.11 Å². The maximum Gasteiger partial charge on any atom is 0.0803 e. The van der Waals surface area contributed by atoms with Gasteiger partial charge < -0.3 is 5.11 Å². The van der Waals surface area contributed by atoms with E-state index in [1.807, 2.05) is 0 Å². The SMILES string of the molecule is CCCC(C)CC(O)c1cscc1C. The average Bonchev–Trinajstić information content (AvgIpc) is 2.51. The lowest BCUT2D eigenvalue weighted by Crippen LogP contribution is -2.04. The third-order valence-electron chi connectivity index (χ3n) is 2.66. The van der Waals surface area contributed by atoms with E-state index in [4.69, 9.17) is 0 Å². The lowest BCUT2D eigenvalue weighted by molar-refractivity contribution is 0.145. The molecule has 0 aliphatic heterocycles. The summed E-state index contributed by atoms with van der Waals surface area (Å²) in [6.07, 6.45) is 3.05. The van der Waals surface area contributed by atoms with Crippen molar-refractivity contribution in [3.8, 4) is 0 Å². The second-order valence-corrected chi connectivity index (χ2v) is 4.90. The Bertz CT molecular complexity index is 267. The fourth-order valence-electron chi connectivity index (χ4n) is 1.83. The number of hydrogen-bond donors (Lipinski definition) is 1. The van der Waals surface area contributed by atoms with Crippen molar-refractivity contribution in [3.63, 3.8) is 0 Å². The average molecular weight is 212 g/mol. The highest BCUT2D eigenvalue weighted by Gasteiger charge is 2.14. The number of hydrogen-bond acceptors (Lipinski definition) is 2. The smallest absolute Gasteiger partial charge is 0.0803 e. The summed E-state index contributed by atoms with van der Waals surface area (Å²) in [5, 5.41) is 14.2. The minimum atomic E-state index is -0.261. The fraction of sp³-hybridized carbons (Fsp3) is 0.667. The van der Waals surface area contributed by atoms with E-state index in [-0.39, 0.29) is 6.10 Å². The Labute approximate surface area is 90.8 Å². The van der Waals surface area contributed by atoms with Gasteiger partial charge in [-0.3, -0.25) is 0 Å². The van der Waals surface area contributed by atoms with Crippen LogP contribution in [-0.2, 0) is 0 Å². The molecule has 1 rings (SSSR count). The zero-order chi connectivity index (χ0) is 10.6. The van der Waals surface area contributed by atoms with Crippen LogP contribution in [0.4, 0.5) is 0 Å². The molecule has 0 saturated heterocycles. The van der Waals surface area contributed by atoms with E-state index >= 15 is 0 Å². The molecule has 0 radical (unpaired) electrons. The van der Waals surface area contributed by atoms with Gasteiger partial charge in [-0.15, -0.1) is 0 Å². The Morgan fingerprint density at radius 2 is 2.14 bits per heavy atom. The van der Waals surface area contributed by atoms with Gasteiger partial charge >= 0.3 is 0 Å². The van der Waals surface area contributed by atoms with Crippen LogP contribution in [0, 0.1) is 12.8 Å². The lowest BCUT2D eigenvalue weighted by atomic mass is 9.95. The van der Waals surface area contributed by atoms with Crippen molar-refractivity contribution in [1.29, 1.82) is 0 Å². The van der Waals surface area contributed by atoms with Crippen molar-refractivity contribution in [2.24, 2.45) is 5.92 Å². The topological polar surface area (TPSA) is 20.2 Å². The van der Waals surface area contributed by atoms with Crippen LogP contribution in [0.5, 0.6) is 0 Å². The summed E-state index contributed by atoms with van der Waals surface area (Å²) in [7, 11) is 0. The van der Waals surface area contributed by atoms with Crippen molar-refractivity contribution < 1.29 is 5.11 Å². The van der Waals surface area contributed by atoms with Crippen LogP contribution >= 0.6 is 11.3 Å². The van der Waals surface area contributed by atoms with Gasteiger partial charge in [0, 0.05) is 0 Å². The predicted octanol–water partition coefficient (Wildman–Crippen LogP) is 3.92. The number of aliphatic hydroxyl groups is 1. The predicted molar refractivity (Wildman–Crippen MR) is 62.7 cm³/mol. The summed E-state index contributed by atoms with van der Waals surface area (Å²) >= 11 is 1.67. The second kappa shape index (κ2) is 5.52. The molecular weight excluding hydrogens is 192 g/mol. The van der Waals surface area contributed by atoms with Crippen LogP contribution in [-0.4, -0.2) is 5.11 Å². The highest BCUT2D eigenvalue weighted by atomic mass is 32.1. The molecule has 0 saturated carbocycles. The highest BCUT2D eigenvalue weighted by Crippen LogP contribution is 2.28. The molecule has 1 aromatic heterocycles. The molecule has 2 heteroatoms. The van der Waals surface area contributed by atoms with E-state index in [1.165, 1.54) is 18.4 Å². The van der Waals surface area contributed by atoms with Crippen LogP contribution in [0.1, 0.15) is 50.3 Å². The molecular formula is C12H20OS. The number of thiophene rings is 1. The summed E-state index contributed by atoms with van der Waals surface area (Å²) in [6.45, 7) is 6.48. The van der Waals surface area contributed by atoms with Crippen molar-refractivity contribution in [3.05, 3.63) is 21.9 Å². The third-order valence-corrected chi connectivity index (χ3v) is 3.54. The first kappa shape index (κ1) is 11.7. The quantitative estimate of drug-likeness (QED) is 0.784. The Morgan fingerprint density at radius 1 is 1.43 bits per heavy atom. The van der Waals surface area contributed by atoms with Gasteiger partial charge in [-0.2, -0.15) is 11.3 Å². The summed E-state index contributed by atoms with van der Waals surface area (Å²) in [5.74, 6) is 0.620. The Hall–Kier alpha value is -0.340. The molecule has 1 heterocycles. The largest absolute Gasteiger partial charge is 0.388 e. The van der Waals surface area contributed by atoms with Crippen LogP contribution in [0.2, 0.25) is 0 Å². The molecule has 2 unspecified atom stereocenters. The van der Waals surface area contributed by atoms with Crippen molar-refractivity contribution in [2.45, 2.75) is 46.1 Å². The van der Waals surface area contributed by atoms with E-state index in [0.29, 0.717) is 5.92 Å². The van der Waals surface area contributed by atoms with E-state index in [0.717, 1.165) is 12.0 Å². The first-order valence-electron chi connectivity index (χ1n) is 5.35. The van der Waals surface area contributed by atoms with E-state index in [1.54, 1.807) is 11.3 Å². The number of aliphatic hydroxyl groups excluding tert-OH is 1. The second-order valence-electron chi connectivity index (χ2n) is 4.16. The Kier molecular flexibility index (Phi) is 4.63. The van der Waals surface area contributed by atoms with Gasteiger partial charge in [0.15, 0.2) is 0 Å². The van der Waals surface area contributed by atoms with Gasteiger partial charge in [0.05, 0.1) is 6.10 Å². The molecule has 0 fully saturated rings. The monoisotopic (exact) mass is 212 g/mol.